The van der Waals surface area contributed by atoms with Crippen molar-refractivity contribution in [2.45, 2.75) is 50.9 Å². The number of ether oxygens (including phenoxy) is 2. The van der Waals surface area contributed by atoms with Crippen LogP contribution >= 0.6 is 0 Å². The van der Waals surface area contributed by atoms with Gasteiger partial charge in [0.2, 0.25) is 0 Å². The Morgan fingerprint density at radius 3 is 1.88 bits per heavy atom. The van der Waals surface area contributed by atoms with Gasteiger partial charge in [0.05, 0.1) is 12.2 Å². The van der Waals surface area contributed by atoms with Crippen LogP contribution in [0.25, 0.3) is 0 Å². The Hall–Kier alpha value is -1.14. The fourth-order valence-electron chi connectivity index (χ4n) is 2.01. The van der Waals surface area contributed by atoms with Gasteiger partial charge in [-0.2, -0.15) is 0 Å². The Bertz CT molecular complexity index is 291. The molecule has 0 atom stereocenters. The molecule has 0 spiro atoms. The van der Waals surface area contributed by atoms with Crippen molar-refractivity contribution in [3.05, 3.63) is 0 Å². The highest BCUT2D eigenvalue weighted by Crippen LogP contribution is 2.40. The molecule has 0 aliphatic carbocycles. The van der Waals surface area contributed by atoms with Crippen molar-refractivity contribution < 1.29 is 29.3 Å². The van der Waals surface area contributed by atoms with Gasteiger partial charge in [-0.15, -0.1) is 0 Å². The van der Waals surface area contributed by atoms with E-state index in [9.17, 15) is 9.59 Å². The van der Waals surface area contributed by atoms with Gasteiger partial charge in [0, 0.05) is 0 Å². The van der Waals surface area contributed by atoms with Crippen LogP contribution < -0.4 is 0 Å². The lowest BCUT2D eigenvalue weighted by molar-refractivity contribution is -0.207. The third-order valence-corrected chi connectivity index (χ3v) is 3.13. The van der Waals surface area contributed by atoms with Gasteiger partial charge in [0.1, 0.15) is 12.8 Å². The van der Waals surface area contributed by atoms with E-state index in [1.807, 2.05) is 13.8 Å². The summed E-state index contributed by atoms with van der Waals surface area (Å²) in [7, 11) is 0. The van der Waals surface area contributed by atoms with E-state index in [0.717, 1.165) is 0 Å². The monoisotopic (exact) mass is 246 g/mol. The van der Waals surface area contributed by atoms with Crippen molar-refractivity contribution in [2.75, 3.05) is 6.61 Å². The maximum absolute atomic E-state index is 10.8. The molecule has 1 aliphatic heterocycles. The van der Waals surface area contributed by atoms with E-state index in [1.165, 1.54) is 0 Å². The molecule has 0 bridgehead atoms. The Morgan fingerprint density at radius 1 is 1.12 bits per heavy atom. The molecule has 98 valence electrons. The van der Waals surface area contributed by atoms with Crippen molar-refractivity contribution in [2.24, 2.45) is 0 Å². The first-order chi connectivity index (χ1) is 7.87. The van der Waals surface area contributed by atoms with Gasteiger partial charge in [0.15, 0.2) is 5.79 Å². The molecule has 1 rings (SSSR count). The topological polar surface area (TPSA) is 93.1 Å². The van der Waals surface area contributed by atoms with Crippen LogP contribution in [-0.4, -0.2) is 40.1 Å². The lowest BCUT2D eigenvalue weighted by atomic mass is 9.99. The predicted molar refractivity (Wildman–Crippen MR) is 57.6 cm³/mol. The number of hydrogen-bond acceptors (Lipinski definition) is 4. The van der Waals surface area contributed by atoms with Crippen LogP contribution in [0, 0.1) is 0 Å². The average molecular weight is 246 g/mol. The van der Waals surface area contributed by atoms with E-state index in [-0.39, 0.29) is 6.61 Å². The van der Waals surface area contributed by atoms with Crippen molar-refractivity contribution >= 4 is 11.9 Å². The molecule has 0 saturated carbocycles. The van der Waals surface area contributed by atoms with E-state index >= 15 is 0 Å². The maximum Gasteiger partial charge on any atom is 0.308 e. The third kappa shape index (κ3) is 3.17. The Balaban J connectivity index is 2.87. The quantitative estimate of drug-likeness (QED) is 0.732. The Kier molecular flexibility index (Phi) is 4.11. The number of carboxylic acids is 2. The predicted octanol–water partition coefficient (Wildman–Crippen LogP) is 1.24. The zero-order valence-electron chi connectivity index (χ0n) is 10.1. The summed E-state index contributed by atoms with van der Waals surface area (Å²) in [6, 6.07) is 0. The Morgan fingerprint density at radius 2 is 1.59 bits per heavy atom. The van der Waals surface area contributed by atoms with Gasteiger partial charge in [-0.1, -0.05) is 13.8 Å². The molecule has 1 saturated heterocycles. The van der Waals surface area contributed by atoms with E-state index in [1.54, 1.807) is 0 Å². The standard InChI is InChI=1S/C11H18O6/c1-3-10(4-2)7-16-11(17-10,5-8(12)13)6-9(14)15/h3-7H2,1-2H3,(H,12,13)(H,14,15). The highest BCUT2D eigenvalue weighted by Gasteiger charge is 2.51. The molecule has 0 aromatic rings. The summed E-state index contributed by atoms with van der Waals surface area (Å²) in [5.41, 5.74) is -0.565. The van der Waals surface area contributed by atoms with E-state index in [2.05, 4.69) is 0 Å². The van der Waals surface area contributed by atoms with Gasteiger partial charge in [-0.3, -0.25) is 9.59 Å². The summed E-state index contributed by atoms with van der Waals surface area (Å²) >= 11 is 0. The summed E-state index contributed by atoms with van der Waals surface area (Å²) in [6.45, 7) is 4.05. The summed E-state index contributed by atoms with van der Waals surface area (Å²) in [5.74, 6) is -3.78. The highest BCUT2D eigenvalue weighted by atomic mass is 16.8. The van der Waals surface area contributed by atoms with E-state index < -0.39 is 36.2 Å². The average Bonchev–Trinajstić information content (AvgIpc) is 2.56. The SMILES string of the molecule is CCC1(CC)COC(CC(=O)O)(CC(=O)O)O1. The zero-order chi connectivity index (χ0) is 13.1. The molecule has 0 unspecified atom stereocenters. The minimum absolute atomic E-state index is 0.237. The van der Waals surface area contributed by atoms with Gasteiger partial charge >= 0.3 is 11.9 Å². The largest absolute Gasteiger partial charge is 0.481 e. The molecule has 2 N–H and O–H groups in total. The molecular formula is C11H18O6. The first-order valence-electron chi connectivity index (χ1n) is 5.65. The second-order valence-corrected chi connectivity index (χ2v) is 4.33. The molecule has 6 heteroatoms. The number of aliphatic carboxylic acids is 2. The lowest BCUT2D eigenvalue weighted by Crippen LogP contribution is -2.39. The minimum atomic E-state index is -1.52. The first kappa shape index (κ1) is 13.9. The lowest BCUT2D eigenvalue weighted by Gasteiger charge is -2.29. The summed E-state index contributed by atoms with van der Waals surface area (Å²) < 4.78 is 11.0. The molecule has 0 radical (unpaired) electrons. The fourth-order valence-corrected chi connectivity index (χ4v) is 2.01. The van der Waals surface area contributed by atoms with Crippen LogP contribution in [0.2, 0.25) is 0 Å². The Labute approximate surface area is 99.5 Å². The molecule has 17 heavy (non-hydrogen) atoms. The van der Waals surface area contributed by atoms with Crippen LogP contribution in [0.1, 0.15) is 39.5 Å². The summed E-state index contributed by atoms with van der Waals surface area (Å²) in [6.07, 6.45) is 0.400. The second-order valence-electron chi connectivity index (χ2n) is 4.33. The summed E-state index contributed by atoms with van der Waals surface area (Å²) in [5, 5.41) is 17.6. The fraction of sp³-hybridized carbons (Fsp3) is 0.818. The van der Waals surface area contributed by atoms with Gasteiger partial charge in [0.25, 0.3) is 0 Å². The van der Waals surface area contributed by atoms with Gasteiger partial charge in [-0.25, -0.2) is 0 Å². The minimum Gasteiger partial charge on any atom is -0.481 e. The smallest absolute Gasteiger partial charge is 0.308 e. The number of carbonyl (C=O) groups is 2. The number of hydrogen-bond donors (Lipinski definition) is 2. The third-order valence-electron chi connectivity index (χ3n) is 3.13. The highest BCUT2D eigenvalue weighted by molar-refractivity contribution is 5.72. The molecule has 0 aromatic heterocycles. The van der Waals surface area contributed by atoms with Crippen molar-refractivity contribution in [1.29, 1.82) is 0 Å². The van der Waals surface area contributed by atoms with Crippen LogP contribution in [0.15, 0.2) is 0 Å². The number of carboxylic acid groups (broad SMARTS) is 2. The van der Waals surface area contributed by atoms with Gasteiger partial charge < -0.3 is 19.7 Å². The van der Waals surface area contributed by atoms with Crippen LogP contribution in [0.4, 0.5) is 0 Å². The van der Waals surface area contributed by atoms with Crippen molar-refractivity contribution in [3.63, 3.8) is 0 Å². The molecule has 0 amide bonds. The number of rotatable bonds is 6. The van der Waals surface area contributed by atoms with Crippen LogP contribution in [0.3, 0.4) is 0 Å². The second kappa shape index (κ2) is 5.01. The molecule has 6 nitrogen and oxygen atoms in total. The van der Waals surface area contributed by atoms with Crippen molar-refractivity contribution in [1.82, 2.24) is 0 Å². The van der Waals surface area contributed by atoms with Crippen LogP contribution in [-0.2, 0) is 19.1 Å². The maximum atomic E-state index is 10.8. The van der Waals surface area contributed by atoms with Crippen LogP contribution in [0.5, 0.6) is 0 Å². The molecule has 1 heterocycles. The summed E-state index contributed by atoms with van der Waals surface area (Å²) in [4.78, 5) is 21.6. The van der Waals surface area contributed by atoms with E-state index in [4.69, 9.17) is 19.7 Å². The first-order valence-corrected chi connectivity index (χ1v) is 5.65. The molecule has 1 fully saturated rings. The molecule has 1 aliphatic rings. The van der Waals surface area contributed by atoms with Crippen molar-refractivity contribution in [3.8, 4) is 0 Å². The normalized spacial score (nSPS) is 21.3. The zero-order valence-corrected chi connectivity index (χ0v) is 10.1. The molecule has 0 aromatic carbocycles. The van der Waals surface area contributed by atoms with Gasteiger partial charge in [-0.05, 0) is 12.8 Å². The molecular weight excluding hydrogens is 228 g/mol. The van der Waals surface area contributed by atoms with E-state index in [0.29, 0.717) is 12.8 Å².